The van der Waals surface area contributed by atoms with Gasteiger partial charge in [0.15, 0.2) is 24.0 Å². The molecule has 0 atom stereocenters. The van der Waals surface area contributed by atoms with Gasteiger partial charge in [0, 0.05) is 29.0 Å². The van der Waals surface area contributed by atoms with Crippen LogP contribution in [0.25, 0.3) is 0 Å². The molecule has 2 heterocycles. The van der Waals surface area contributed by atoms with E-state index in [1.807, 2.05) is 6.92 Å². The van der Waals surface area contributed by atoms with Crippen LogP contribution < -0.4 is 10.1 Å². The van der Waals surface area contributed by atoms with Gasteiger partial charge in [-0.05, 0) is 36.8 Å². The molecule has 0 fully saturated rings. The van der Waals surface area contributed by atoms with Gasteiger partial charge in [0.05, 0.1) is 11.5 Å². The number of hydrogen-bond acceptors (Lipinski definition) is 6. The normalized spacial score (nSPS) is 10.8. The number of nitrogens with zero attached hydrogens (tertiary/aromatic N) is 5. The van der Waals surface area contributed by atoms with E-state index in [9.17, 15) is 19.3 Å². The average molecular weight is 485 g/mol. The van der Waals surface area contributed by atoms with Crippen LogP contribution in [-0.4, -0.2) is 30.4 Å². The number of hydrogen-bond donors (Lipinski definition) is 1. The predicted octanol–water partition coefficient (Wildman–Crippen LogP) is 4.43. The smallest absolute Gasteiger partial charge is 0.311 e. The van der Waals surface area contributed by atoms with E-state index in [-0.39, 0.29) is 28.9 Å². The molecule has 2 aromatic carbocycles. The number of nitrogens with one attached hydrogen (secondary N) is 1. The first-order valence-electron chi connectivity index (χ1n) is 9.99. The summed E-state index contributed by atoms with van der Waals surface area (Å²) in [5.41, 5.74) is 1.39. The number of halogens is 2. The fraction of sp³-hybridized carbons (Fsp3) is 0.136. The van der Waals surface area contributed by atoms with Crippen molar-refractivity contribution in [2.24, 2.45) is 0 Å². The lowest BCUT2D eigenvalue weighted by Crippen LogP contribution is -2.15. The van der Waals surface area contributed by atoms with Crippen molar-refractivity contribution in [3.8, 4) is 5.75 Å². The molecular weight excluding hydrogens is 467 g/mol. The molecule has 34 heavy (non-hydrogen) atoms. The SMILES string of the molecule is Cc1cc(NC(=O)c2ccn(COc3ccccc3[N+](=O)[O-])n2)nn1Cc1ccc(F)cc1Cl. The summed E-state index contributed by atoms with van der Waals surface area (Å²) in [6, 6.07) is 13.3. The lowest BCUT2D eigenvalue weighted by atomic mass is 10.2. The van der Waals surface area contributed by atoms with Crippen molar-refractivity contribution in [3.05, 3.63) is 98.7 Å². The second-order valence-electron chi connectivity index (χ2n) is 7.26. The van der Waals surface area contributed by atoms with Crippen molar-refractivity contribution in [3.63, 3.8) is 0 Å². The lowest BCUT2D eigenvalue weighted by Gasteiger charge is -2.07. The summed E-state index contributed by atoms with van der Waals surface area (Å²) in [4.78, 5) is 23.1. The number of ether oxygens (including phenoxy) is 1. The molecule has 4 rings (SSSR count). The Hall–Kier alpha value is -4.25. The summed E-state index contributed by atoms with van der Waals surface area (Å²) < 4.78 is 21.7. The van der Waals surface area contributed by atoms with Crippen LogP contribution in [0.5, 0.6) is 5.75 Å². The fourth-order valence-electron chi connectivity index (χ4n) is 3.14. The van der Waals surface area contributed by atoms with Crippen molar-refractivity contribution < 1.29 is 18.8 Å². The Morgan fingerprint density at radius 2 is 2.00 bits per heavy atom. The molecule has 1 N–H and O–H groups in total. The van der Waals surface area contributed by atoms with Gasteiger partial charge in [0.2, 0.25) is 0 Å². The van der Waals surface area contributed by atoms with Gasteiger partial charge in [-0.2, -0.15) is 10.2 Å². The zero-order valence-electron chi connectivity index (χ0n) is 17.8. The minimum Gasteiger partial charge on any atom is -0.464 e. The van der Waals surface area contributed by atoms with Gasteiger partial charge in [0.25, 0.3) is 5.91 Å². The molecule has 0 unspecified atom stereocenters. The second-order valence-corrected chi connectivity index (χ2v) is 7.66. The first-order valence-corrected chi connectivity index (χ1v) is 10.4. The maximum absolute atomic E-state index is 13.3. The van der Waals surface area contributed by atoms with E-state index < -0.39 is 16.6 Å². The number of aryl methyl sites for hydroxylation is 1. The van der Waals surface area contributed by atoms with E-state index >= 15 is 0 Å². The summed E-state index contributed by atoms with van der Waals surface area (Å²) in [7, 11) is 0. The zero-order valence-corrected chi connectivity index (χ0v) is 18.6. The highest BCUT2D eigenvalue weighted by molar-refractivity contribution is 6.31. The molecule has 10 nitrogen and oxygen atoms in total. The summed E-state index contributed by atoms with van der Waals surface area (Å²) in [5, 5.41) is 22.5. The molecule has 0 spiro atoms. The molecule has 0 saturated heterocycles. The molecule has 1 amide bonds. The number of benzene rings is 2. The van der Waals surface area contributed by atoms with Crippen molar-refractivity contribution in [2.75, 3.05) is 5.32 Å². The number of carbonyl (C=O) groups is 1. The van der Waals surface area contributed by atoms with E-state index in [4.69, 9.17) is 16.3 Å². The quantitative estimate of drug-likeness (QED) is 0.292. The third-order valence-corrected chi connectivity index (χ3v) is 5.20. The Morgan fingerprint density at radius 1 is 1.21 bits per heavy atom. The molecule has 12 heteroatoms. The summed E-state index contributed by atoms with van der Waals surface area (Å²) in [6.07, 6.45) is 1.52. The Kier molecular flexibility index (Phi) is 6.55. The summed E-state index contributed by atoms with van der Waals surface area (Å²) in [5.74, 6) is -0.512. The van der Waals surface area contributed by atoms with Crippen molar-refractivity contribution in [1.82, 2.24) is 19.6 Å². The number of nitro groups is 1. The molecule has 0 aliphatic rings. The minimum atomic E-state index is -0.539. The Labute approximate surface area is 197 Å². The van der Waals surface area contributed by atoms with Gasteiger partial charge in [-0.25, -0.2) is 9.07 Å². The minimum absolute atomic E-state index is 0.0938. The Bertz CT molecular complexity index is 1370. The maximum Gasteiger partial charge on any atom is 0.311 e. The third-order valence-electron chi connectivity index (χ3n) is 4.85. The monoisotopic (exact) mass is 484 g/mol. The molecule has 0 saturated carbocycles. The molecule has 2 aromatic heterocycles. The van der Waals surface area contributed by atoms with Gasteiger partial charge in [-0.15, -0.1) is 0 Å². The highest BCUT2D eigenvalue weighted by Gasteiger charge is 2.16. The van der Waals surface area contributed by atoms with Crippen LogP contribution in [0.2, 0.25) is 5.02 Å². The highest BCUT2D eigenvalue weighted by atomic mass is 35.5. The first kappa shape index (κ1) is 22.9. The number of nitro benzene ring substituents is 1. The summed E-state index contributed by atoms with van der Waals surface area (Å²) in [6.45, 7) is 2.00. The molecule has 0 aliphatic carbocycles. The van der Waals surface area contributed by atoms with Gasteiger partial charge < -0.3 is 10.1 Å². The highest BCUT2D eigenvalue weighted by Crippen LogP contribution is 2.26. The fourth-order valence-corrected chi connectivity index (χ4v) is 3.37. The van der Waals surface area contributed by atoms with Crippen molar-refractivity contribution in [1.29, 1.82) is 0 Å². The molecule has 0 bridgehead atoms. The van der Waals surface area contributed by atoms with Gasteiger partial charge >= 0.3 is 5.69 Å². The number of carbonyl (C=O) groups excluding carboxylic acids is 1. The molecule has 4 aromatic rings. The molecule has 0 radical (unpaired) electrons. The van der Waals surface area contributed by atoms with E-state index in [0.29, 0.717) is 17.9 Å². The third kappa shape index (κ3) is 5.21. The number of rotatable bonds is 8. The van der Waals surface area contributed by atoms with Crippen molar-refractivity contribution >= 4 is 29.0 Å². The predicted molar refractivity (Wildman–Crippen MR) is 121 cm³/mol. The van der Waals surface area contributed by atoms with E-state index in [1.54, 1.807) is 28.9 Å². The van der Waals surface area contributed by atoms with Crippen LogP contribution in [0.3, 0.4) is 0 Å². The lowest BCUT2D eigenvalue weighted by molar-refractivity contribution is -0.386. The number of anilines is 1. The second kappa shape index (κ2) is 9.71. The van der Waals surface area contributed by atoms with Crippen LogP contribution in [0, 0.1) is 22.9 Å². The van der Waals surface area contributed by atoms with Crippen molar-refractivity contribution in [2.45, 2.75) is 20.2 Å². The van der Waals surface area contributed by atoms with Crippen LogP contribution >= 0.6 is 11.6 Å². The largest absolute Gasteiger partial charge is 0.464 e. The Morgan fingerprint density at radius 3 is 2.76 bits per heavy atom. The van der Waals surface area contributed by atoms with Crippen LogP contribution in [0.1, 0.15) is 21.7 Å². The standard InChI is InChI=1S/C22H18ClFN6O4/c1-14-10-21(27-29(14)12-15-6-7-16(24)11-17(15)23)25-22(31)18-8-9-28(26-18)13-34-20-5-3-2-4-19(20)30(32)33/h2-11H,12-13H2,1H3,(H,25,27,31). The molecular formula is C22H18ClFN6O4. The van der Waals surface area contributed by atoms with Gasteiger partial charge in [-0.1, -0.05) is 29.8 Å². The van der Waals surface area contributed by atoms with Gasteiger partial charge in [0.1, 0.15) is 5.82 Å². The van der Waals surface area contributed by atoms with Gasteiger partial charge in [-0.3, -0.25) is 19.6 Å². The average Bonchev–Trinajstić information content (AvgIpc) is 3.41. The molecule has 0 aliphatic heterocycles. The topological polar surface area (TPSA) is 117 Å². The van der Waals surface area contributed by atoms with E-state index in [0.717, 1.165) is 5.69 Å². The van der Waals surface area contributed by atoms with Crippen LogP contribution in [0.4, 0.5) is 15.9 Å². The van der Waals surface area contributed by atoms with Crippen LogP contribution in [-0.2, 0) is 13.3 Å². The maximum atomic E-state index is 13.3. The molecule has 174 valence electrons. The van der Waals surface area contributed by atoms with E-state index in [2.05, 4.69) is 15.5 Å². The van der Waals surface area contributed by atoms with E-state index in [1.165, 1.54) is 41.2 Å². The zero-order chi connectivity index (χ0) is 24.2. The first-order chi connectivity index (χ1) is 16.3. The van der Waals surface area contributed by atoms with Crippen LogP contribution in [0.15, 0.2) is 60.8 Å². The summed E-state index contributed by atoms with van der Waals surface area (Å²) >= 11 is 6.09. The number of para-hydroxylation sites is 2. The Balaban J connectivity index is 1.39. The number of aromatic nitrogens is 4. The number of amides is 1.